The molecule has 1 aliphatic heterocycles. The third-order valence-electron chi connectivity index (χ3n) is 3.83. The van der Waals surface area contributed by atoms with Gasteiger partial charge in [0.15, 0.2) is 0 Å². The van der Waals surface area contributed by atoms with E-state index in [1.54, 1.807) is 0 Å². The third kappa shape index (κ3) is 6.42. The number of piperazine rings is 1. The highest BCUT2D eigenvalue weighted by Crippen LogP contribution is 2.13. The fourth-order valence-corrected chi connectivity index (χ4v) is 2.63. The maximum Gasteiger partial charge on any atom is 0.0639 e. The van der Waals surface area contributed by atoms with Crippen molar-refractivity contribution in [1.82, 2.24) is 14.8 Å². The van der Waals surface area contributed by atoms with Crippen LogP contribution in [0.1, 0.15) is 51.8 Å². The van der Waals surface area contributed by atoms with Gasteiger partial charge in [0.05, 0.1) is 6.10 Å². The first-order chi connectivity index (χ1) is 10.5. The average molecular weight is 307 g/mol. The third-order valence-corrected chi connectivity index (χ3v) is 3.83. The minimum absolute atomic E-state index is 0.227. The molecular formula is C18H33N3O. The second kappa shape index (κ2) is 9.93. The standard InChI is InChI=1S/C16H27N3O.C2H6/c1-13(2)16-5-4-15(10-17-16)12-19-8-6-18(7-9-19)11-14(3)20;1-2/h4-5,10,13-14,20H,6-9,11-12H2,1-3H3;1-2H3. The first-order valence-corrected chi connectivity index (χ1v) is 8.62. The van der Waals surface area contributed by atoms with Gasteiger partial charge in [-0.25, -0.2) is 0 Å². The first kappa shape index (κ1) is 19.1. The number of hydrogen-bond acceptors (Lipinski definition) is 4. The predicted octanol–water partition coefficient (Wildman–Crippen LogP) is 2.73. The number of nitrogens with zero attached hydrogens (tertiary/aromatic N) is 3. The lowest BCUT2D eigenvalue weighted by atomic mass is 10.1. The van der Waals surface area contributed by atoms with E-state index < -0.39 is 0 Å². The van der Waals surface area contributed by atoms with Gasteiger partial charge in [-0.3, -0.25) is 14.8 Å². The van der Waals surface area contributed by atoms with Crippen molar-refractivity contribution >= 4 is 0 Å². The molecule has 1 atom stereocenters. The van der Waals surface area contributed by atoms with Crippen molar-refractivity contribution in [2.45, 2.75) is 53.2 Å². The van der Waals surface area contributed by atoms with Gasteiger partial charge in [-0.1, -0.05) is 33.8 Å². The van der Waals surface area contributed by atoms with Gasteiger partial charge >= 0.3 is 0 Å². The van der Waals surface area contributed by atoms with Gasteiger partial charge in [-0.15, -0.1) is 0 Å². The molecule has 1 fully saturated rings. The molecule has 1 aromatic rings. The number of rotatable bonds is 5. The maximum absolute atomic E-state index is 9.41. The second-order valence-corrected chi connectivity index (χ2v) is 6.17. The Hall–Kier alpha value is -0.970. The van der Waals surface area contributed by atoms with Gasteiger partial charge in [-0.2, -0.15) is 0 Å². The molecule has 1 saturated heterocycles. The number of hydrogen-bond donors (Lipinski definition) is 1. The molecule has 1 unspecified atom stereocenters. The molecule has 4 heteroatoms. The minimum Gasteiger partial charge on any atom is -0.392 e. The van der Waals surface area contributed by atoms with Crippen molar-refractivity contribution < 1.29 is 5.11 Å². The zero-order valence-electron chi connectivity index (χ0n) is 14.9. The van der Waals surface area contributed by atoms with E-state index in [1.807, 2.05) is 27.0 Å². The Morgan fingerprint density at radius 3 is 2.09 bits per heavy atom. The van der Waals surface area contributed by atoms with Crippen molar-refractivity contribution in [3.63, 3.8) is 0 Å². The molecule has 0 amide bonds. The Morgan fingerprint density at radius 2 is 1.64 bits per heavy atom. The Kier molecular flexibility index (Phi) is 8.61. The first-order valence-electron chi connectivity index (χ1n) is 8.62. The van der Waals surface area contributed by atoms with Crippen LogP contribution in [0.3, 0.4) is 0 Å². The highest BCUT2D eigenvalue weighted by Gasteiger charge is 2.17. The van der Waals surface area contributed by atoms with E-state index in [-0.39, 0.29) is 6.10 Å². The highest BCUT2D eigenvalue weighted by molar-refractivity contribution is 5.16. The van der Waals surface area contributed by atoms with Crippen molar-refractivity contribution in [1.29, 1.82) is 0 Å². The molecule has 1 aromatic heterocycles. The van der Waals surface area contributed by atoms with Crippen LogP contribution in [-0.2, 0) is 6.54 Å². The highest BCUT2D eigenvalue weighted by atomic mass is 16.3. The van der Waals surface area contributed by atoms with Crippen LogP contribution in [0, 0.1) is 0 Å². The number of aromatic nitrogens is 1. The summed E-state index contributed by atoms with van der Waals surface area (Å²) < 4.78 is 0. The van der Waals surface area contributed by atoms with Gasteiger partial charge in [0.2, 0.25) is 0 Å². The summed E-state index contributed by atoms with van der Waals surface area (Å²) in [5.41, 5.74) is 2.45. The van der Waals surface area contributed by atoms with E-state index in [0.29, 0.717) is 5.92 Å². The number of aliphatic hydroxyl groups excluding tert-OH is 1. The molecule has 0 aromatic carbocycles. The lowest BCUT2D eigenvalue weighted by Gasteiger charge is -2.35. The Bertz CT molecular complexity index is 395. The summed E-state index contributed by atoms with van der Waals surface area (Å²) >= 11 is 0. The van der Waals surface area contributed by atoms with Crippen LogP contribution in [0.4, 0.5) is 0 Å². The zero-order chi connectivity index (χ0) is 16.5. The molecule has 126 valence electrons. The van der Waals surface area contributed by atoms with E-state index >= 15 is 0 Å². The summed E-state index contributed by atoms with van der Waals surface area (Å²) in [6.45, 7) is 16.2. The van der Waals surface area contributed by atoms with E-state index in [1.165, 1.54) is 5.56 Å². The fraction of sp³-hybridized carbons (Fsp3) is 0.722. The van der Waals surface area contributed by atoms with Crippen molar-refractivity contribution in [3.05, 3.63) is 29.6 Å². The van der Waals surface area contributed by atoms with Crippen LogP contribution in [0.25, 0.3) is 0 Å². The SMILES string of the molecule is CC.CC(O)CN1CCN(Cc2ccc(C(C)C)nc2)CC1. The van der Waals surface area contributed by atoms with Gasteiger partial charge in [0.1, 0.15) is 0 Å². The largest absolute Gasteiger partial charge is 0.392 e. The van der Waals surface area contributed by atoms with E-state index in [9.17, 15) is 5.11 Å². The van der Waals surface area contributed by atoms with Gasteiger partial charge in [-0.05, 0) is 24.5 Å². The zero-order valence-corrected chi connectivity index (χ0v) is 14.9. The van der Waals surface area contributed by atoms with Crippen molar-refractivity contribution in [2.75, 3.05) is 32.7 Å². The van der Waals surface area contributed by atoms with Crippen molar-refractivity contribution in [3.8, 4) is 0 Å². The number of pyridine rings is 1. The summed E-state index contributed by atoms with van der Waals surface area (Å²) in [4.78, 5) is 9.33. The molecule has 4 nitrogen and oxygen atoms in total. The molecule has 0 aliphatic carbocycles. The number of β-amino-alcohol motifs (C(OH)–C–C–N with tert-alkyl or cyclic N) is 1. The second-order valence-electron chi connectivity index (χ2n) is 6.17. The van der Waals surface area contributed by atoms with E-state index in [4.69, 9.17) is 0 Å². The molecule has 2 rings (SSSR count). The lowest BCUT2D eigenvalue weighted by molar-refractivity contribution is 0.0780. The fourth-order valence-electron chi connectivity index (χ4n) is 2.63. The average Bonchev–Trinajstić information content (AvgIpc) is 2.51. The summed E-state index contributed by atoms with van der Waals surface area (Å²) in [6.07, 6.45) is 1.78. The van der Waals surface area contributed by atoms with Crippen molar-refractivity contribution in [2.24, 2.45) is 0 Å². The quantitative estimate of drug-likeness (QED) is 0.908. The molecule has 22 heavy (non-hydrogen) atoms. The van der Waals surface area contributed by atoms with Crippen LogP contribution in [0.5, 0.6) is 0 Å². The summed E-state index contributed by atoms with van der Waals surface area (Å²) in [5, 5.41) is 9.41. The number of aliphatic hydroxyl groups is 1. The molecule has 0 radical (unpaired) electrons. The minimum atomic E-state index is -0.227. The van der Waals surface area contributed by atoms with Crippen LogP contribution in [0.2, 0.25) is 0 Å². The Balaban J connectivity index is 0.00000116. The summed E-state index contributed by atoms with van der Waals surface area (Å²) in [7, 11) is 0. The molecular weight excluding hydrogens is 274 g/mol. The van der Waals surface area contributed by atoms with E-state index in [2.05, 4.69) is 40.8 Å². The normalized spacial score (nSPS) is 18.0. The summed E-state index contributed by atoms with van der Waals surface area (Å²) in [5.74, 6) is 0.494. The molecule has 1 aliphatic rings. The molecule has 0 saturated carbocycles. The summed E-state index contributed by atoms with van der Waals surface area (Å²) in [6, 6.07) is 4.34. The molecule has 2 heterocycles. The monoisotopic (exact) mass is 307 g/mol. The maximum atomic E-state index is 9.41. The molecule has 1 N–H and O–H groups in total. The Morgan fingerprint density at radius 1 is 1.05 bits per heavy atom. The molecule has 0 spiro atoms. The van der Waals surface area contributed by atoms with Crippen LogP contribution >= 0.6 is 0 Å². The van der Waals surface area contributed by atoms with Gasteiger partial charge in [0.25, 0.3) is 0 Å². The topological polar surface area (TPSA) is 39.6 Å². The lowest BCUT2D eigenvalue weighted by Crippen LogP contribution is -2.47. The molecule has 0 bridgehead atoms. The van der Waals surface area contributed by atoms with Crippen LogP contribution in [-0.4, -0.2) is 58.7 Å². The van der Waals surface area contributed by atoms with Crippen LogP contribution < -0.4 is 0 Å². The Labute approximate surface area is 136 Å². The van der Waals surface area contributed by atoms with Crippen LogP contribution in [0.15, 0.2) is 18.3 Å². The smallest absolute Gasteiger partial charge is 0.0639 e. The van der Waals surface area contributed by atoms with Gasteiger partial charge in [0, 0.05) is 51.2 Å². The van der Waals surface area contributed by atoms with Gasteiger partial charge < -0.3 is 5.11 Å². The predicted molar refractivity (Wildman–Crippen MR) is 93.1 cm³/mol. The van der Waals surface area contributed by atoms with E-state index in [0.717, 1.165) is 45.0 Å².